The number of nitrogens with zero attached hydrogens (tertiary/aromatic N) is 1. The Hall–Kier alpha value is -2.31. The Morgan fingerprint density at radius 1 is 1.23 bits per heavy atom. The van der Waals surface area contributed by atoms with Crippen LogP contribution < -0.4 is 20.8 Å². The molecule has 1 aromatic heterocycles. The first kappa shape index (κ1) is 14.6. The second-order valence-corrected chi connectivity index (χ2v) is 4.97. The number of methoxy groups -OCH3 is 1. The Labute approximate surface area is 128 Å². The summed E-state index contributed by atoms with van der Waals surface area (Å²) in [5, 5.41) is 0. The van der Waals surface area contributed by atoms with Gasteiger partial charge in [-0.1, -0.05) is 6.07 Å². The molecule has 0 saturated carbocycles. The Kier molecular flexibility index (Phi) is 4.13. The third kappa shape index (κ3) is 2.58. The van der Waals surface area contributed by atoms with E-state index in [9.17, 15) is 4.79 Å². The van der Waals surface area contributed by atoms with E-state index in [1.165, 1.54) is 0 Å². The molecule has 1 aliphatic heterocycles. The van der Waals surface area contributed by atoms with Crippen LogP contribution in [-0.4, -0.2) is 25.1 Å². The molecule has 0 aliphatic carbocycles. The third-order valence-corrected chi connectivity index (χ3v) is 3.66. The number of benzene rings is 1. The fourth-order valence-corrected chi connectivity index (χ4v) is 2.49. The molecule has 2 N–H and O–H groups in total. The molecule has 6 nitrogen and oxygen atoms in total. The normalized spacial score (nSPS) is 12.6. The minimum Gasteiger partial charge on any atom is -0.454 e. The Bertz CT molecular complexity index is 739. The molecule has 0 atom stereocenters. The van der Waals surface area contributed by atoms with Crippen LogP contribution in [-0.2, 0) is 17.8 Å². The highest BCUT2D eigenvalue weighted by Crippen LogP contribution is 2.35. The summed E-state index contributed by atoms with van der Waals surface area (Å²) in [5.74, 6) is 1.40. The van der Waals surface area contributed by atoms with Gasteiger partial charge in [-0.3, -0.25) is 4.79 Å². The van der Waals surface area contributed by atoms with Gasteiger partial charge >= 0.3 is 0 Å². The molecule has 6 heteroatoms. The van der Waals surface area contributed by atoms with Gasteiger partial charge in [0.15, 0.2) is 11.5 Å². The van der Waals surface area contributed by atoms with Crippen LogP contribution in [0.2, 0.25) is 0 Å². The zero-order valence-corrected chi connectivity index (χ0v) is 12.4. The fourth-order valence-electron chi connectivity index (χ4n) is 2.49. The van der Waals surface area contributed by atoms with Crippen LogP contribution in [0.15, 0.2) is 35.1 Å². The number of pyridine rings is 1. The van der Waals surface area contributed by atoms with Crippen LogP contribution in [0, 0.1) is 0 Å². The van der Waals surface area contributed by atoms with Gasteiger partial charge in [-0.15, -0.1) is 0 Å². The predicted molar refractivity (Wildman–Crippen MR) is 82.0 cm³/mol. The maximum absolute atomic E-state index is 12.5. The SMILES string of the molecule is COCCn1c(-c2ccc3c(c2)OCO3)ccc(CN)c1=O. The molecule has 0 bridgehead atoms. The molecule has 0 spiro atoms. The molecule has 0 saturated heterocycles. The van der Waals surface area contributed by atoms with Crippen LogP contribution in [0.1, 0.15) is 5.56 Å². The van der Waals surface area contributed by atoms with Gasteiger partial charge in [0.1, 0.15) is 0 Å². The lowest BCUT2D eigenvalue weighted by Gasteiger charge is -2.14. The van der Waals surface area contributed by atoms with Gasteiger partial charge in [-0.05, 0) is 24.3 Å². The summed E-state index contributed by atoms with van der Waals surface area (Å²) in [5.41, 5.74) is 7.82. The first-order valence-corrected chi connectivity index (χ1v) is 7.06. The Morgan fingerprint density at radius 2 is 2.05 bits per heavy atom. The Balaban J connectivity index is 2.09. The number of hydrogen-bond acceptors (Lipinski definition) is 5. The number of rotatable bonds is 5. The molecule has 116 valence electrons. The van der Waals surface area contributed by atoms with Gasteiger partial charge in [0.05, 0.1) is 12.3 Å². The van der Waals surface area contributed by atoms with Crippen LogP contribution in [0.25, 0.3) is 11.3 Å². The van der Waals surface area contributed by atoms with Crippen molar-refractivity contribution >= 4 is 0 Å². The lowest BCUT2D eigenvalue weighted by molar-refractivity contribution is 0.174. The highest BCUT2D eigenvalue weighted by atomic mass is 16.7. The van der Waals surface area contributed by atoms with E-state index in [4.69, 9.17) is 19.9 Å². The number of nitrogens with two attached hydrogens (primary N) is 1. The topological polar surface area (TPSA) is 75.7 Å². The highest BCUT2D eigenvalue weighted by molar-refractivity contribution is 5.65. The molecule has 0 unspecified atom stereocenters. The number of hydrogen-bond donors (Lipinski definition) is 1. The summed E-state index contributed by atoms with van der Waals surface area (Å²) in [7, 11) is 1.61. The monoisotopic (exact) mass is 302 g/mol. The van der Waals surface area contributed by atoms with E-state index in [-0.39, 0.29) is 18.9 Å². The van der Waals surface area contributed by atoms with Crippen LogP contribution >= 0.6 is 0 Å². The van der Waals surface area contributed by atoms with Crippen LogP contribution in [0.5, 0.6) is 11.5 Å². The second kappa shape index (κ2) is 6.21. The van der Waals surface area contributed by atoms with Crippen molar-refractivity contribution in [3.8, 4) is 22.8 Å². The molecule has 0 amide bonds. The molecule has 2 aromatic rings. The number of ether oxygens (including phenoxy) is 3. The maximum Gasteiger partial charge on any atom is 0.255 e. The van der Waals surface area contributed by atoms with Gasteiger partial charge in [-0.25, -0.2) is 0 Å². The van der Waals surface area contributed by atoms with Gasteiger partial charge in [0.25, 0.3) is 5.56 Å². The standard InChI is InChI=1S/C16H18N2O4/c1-20-7-6-18-13(4-2-12(9-17)16(18)19)11-3-5-14-15(8-11)22-10-21-14/h2-5,8H,6-7,9-10,17H2,1H3. The second-order valence-electron chi connectivity index (χ2n) is 4.97. The lowest BCUT2D eigenvalue weighted by Crippen LogP contribution is -2.28. The summed E-state index contributed by atoms with van der Waals surface area (Å²) in [6.07, 6.45) is 0. The van der Waals surface area contributed by atoms with E-state index in [1.807, 2.05) is 24.3 Å². The molecule has 3 rings (SSSR count). The van der Waals surface area contributed by atoms with Crippen molar-refractivity contribution in [1.29, 1.82) is 0 Å². The fraction of sp³-hybridized carbons (Fsp3) is 0.312. The van der Waals surface area contributed by atoms with E-state index in [2.05, 4.69) is 0 Å². The van der Waals surface area contributed by atoms with Crippen molar-refractivity contribution in [2.24, 2.45) is 5.73 Å². The van der Waals surface area contributed by atoms with Crippen molar-refractivity contribution in [2.45, 2.75) is 13.1 Å². The highest BCUT2D eigenvalue weighted by Gasteiger charge is 2.16. The first-order valence-electron chi connectivity index (χ1n) is 7.06. The van der Waals surface area contributed by atoms with Gasteiger partial charge in [0, 0.05) is 31.3 Å². The van der Waals surface area contributed by atoms with Crippen LogP contribution in [0.3, 0.4) is 0 Å². The van der Waals surface area contributed by atoms with Crippen molar-refractivity contribution in [3.63, 3.8) is 0 Å². The first-order chi connectivity index (χ1) is 10.7. The number of fused-ring (bicyclic) bond motifs is 1. The smallest absolute Gasteiger partial charge is 0.255 e. The zero-order chi connectivity index (χ0) is 15.5. The number of aromatic nitrogens is 1. The molecule has 22 heavy (non-hydrogen) atoms. The minimum absolute atomic E-state index is 0.0882. The van der Waals surface area contributed by atoms with Crippen molar-refractivity contribution in [2.75, 3.05) is 20.5 Å². The molecular formula is C16H18N2O4. The van der Waals surface area contributed by atoms with E-state index in [0.717, 1.165) is 11.3 Å². The summed E-state index contributed by atoms with van der Waals surface area (Å²) < 4.78 is 17.5. The van der Waals surface area contributed by atoms with Crippen LogP contribution in [0.4, 0.5) is 0 Å². The molecule has 1 aliphatic rings. The predicted octanol–water partition coefficient (Wildman–Crippen LogP) is 1.35. The quantitative estimate of drug-likeness (QED) is 0.902. The van der Waals surface area contributed by atoms with Crippen molar-refractivity contribution in [3.05, 3.63) is 46.2 Å². The van der Waals surface area contributed by atoms with Gasteiger partial charge < -0.3 is 24.5 Å². The van der Waals surface area contributed by atoms with E-state index >= 15 is 0 Å². The lowest BCUT2D eigenvalue weighted by atomic mass is 10.1. The summed E-state index contributed by atoms with van der Waals surface area (Å²) in [4.78, 5) is 12.5. The minimum atomic E-state index is -0.0882. The average molecular weight is 302 g/mol. The molecule has 2 heterocycles. The molecular weight excluding hydrogens is 284 g/mol. The van der Waals surface area contributed by atoms with E-state index < -0.39 is 0 Å². The maximum atomic E-state index is 12.5. The third-order valence-electron chi connectivity index (χ3n) is 3.66. The summed E-state index contributed by atoms with van der Waals surface area (Å²) in [6.45, 7) is 1.35. The van der Waals surface area contributed by atoms with Crippen molar-refractivity contribution in [1.82, 2.24) is 4.57 Å². The zero-order valence-electron chi connectivity index (χ0n) is 12.4. The van der Waals surface area contributed by atoms with Gasteiger partial charge in [-0.2, -0.15) is 0 Å². The summed E-state index contributed by atoms with van der Waals surface area (Å²) in [6, 6.07) is 9.30. The largest absolute Gasteiger partial charge is 0.454 e. The van der Waals surface area contributed by atoms with E-state index in [0.29, 0.717) is 30.2 Å². The average Bonchev–Trinajstić information content (AvgIpc) is 3.01. The molecule has 0 fully saturated rings. The molecule has 1 aromatic carbocycles. The molecule has 0 radical (unpaired) electrons. The Morgan fingerprint density at radius 3 is 2.82 bits per heavy atom. The van der Waals surface area contributed by atoms with E-state index in [1.54, 1.807) is 17.7 Å². The van der Waals surface area contributed by atoms with Gasteiger partial charge in [0.2, 0.25) is 6.79 Å². The van der Waals surface area contributed by atoms with Crippen molar-refractivity contribution < 1.29 is 14.2 Å². The summed E-state index contributed by atoms with van der Waals surface area (Å²) >= 11 is 0.